The van der Waals surface area contributed by atoms with Gasteiger partial charge in [0.1, 0.15) is 5.69 Å². The number of carbonyl (C=O) groups excluding carboxylic acids is 1. The fourth-order valence-electron chi connectivity index (χ4n) is 6.63. The third-order valence-corrected chi connectivity index (χ3v) is 12.4. The van der Waals surface area contributed by atoms with Crippen molar-refractivity contribution >= 4 is 56.4 Å². The number of hydrogen-bond acceptors (Lipinski definition) is 10. The van der Waals surface area contributed by atoms with Crippen molar-refractivity contribution in [2.24, 2.45) is 0 Å². The van der Waals surface area contributed by atoms with Gasteiger partial charge in [-0.3, -0.25) is 19.8 Å². The average molecular weight is 867 g/mol. The SMILES string of the molecule is O=C(NS(=O)(=O)c1ccc(N[C@H](CCNCC(F)(F)F)CSc2ccccc2)c([N+](=O)[O-])c1)c1ccc(N2CCN(Cc3ccccc3-c3ccc(Cl)cc3)CC2)cc1. The maximum absolute atomic E-state index is 13.3. The van der Waals surface area contributed by atoms with Gasteiger partial charge in [0, 0.05) is 71.8 Å². The highest BCUT2D eigenvalue weighted by molar-refractivity contribution is 7.99. The maximum Gasteiger partial charge on any atom is 0.401 e. The number of thioether (sulfide) groups is 1. The molecule has 5 aromatic rings. The molecule has 310 valence electrons. The number of amides is 1. The van der Waals surface area contributed by atoms with Crippen molar-refractivity contribution in [3.63, 3.8) is 0 Å². The lowest BCUT2D eigenvalue weighted by Gasteiger charge is -2.36. The Balaban J connectivity index is 1.06. The summed E-state index contributed by atoms with van der Waals surface area (Å²) >= 11 is 7.52. The zero-order valence-electron chi connectivity index (χ0n) is 31.7. The first-order valence-corrected chi connectivity index (χ1v) is 21.6. The molecule has 3 N–H and O–H groups in total. The number of carbonyl (C=O) groups is 1. The number of hydrogen-bond donors (Lipinski definition) is 3. The molecule has 11 nitrogen and oxygen atoms in total. The van der Waals surface area contributed by atoms with Crippen LogP contribution in [0.5, 0.6) is 0 Å². The minimum absolute atomic E-state index is 0.0195. The van der Waals surface area contributed by atoms with Crippen molar-refractivity contribution in [1.29, 1.82) is 0 Å². The standard InChI is InChI=1S/C42H42ClF3N6O5S2/c43-33-14-10-30(11-15-33)38-9-5-4-6-32(38)27-50-22-24-51(25-23-50)35-16-12-31(13-17-35)41(53)49-59(56,57)37-18-19-39(40(26-37)52(54)55)48-34(20-21-47-29-42(44,45)46)28-58-36-7-2-1-3-8-36/h1-19,26,34,47-48H,20-25,27-29H2,(H,49,53)/t34-/m1/s1. The molecule has 0 aromatic heterocycles. The van der Waals surface area contributed by atoms with Crippen molar-refractivity contribution < 1.29 is 31.3 Å². The topological polar surface area (TPSA) is 137 Å². The minimum Gasteiger partial charge on any atom is -0.376 e. The second kappa shape index (κ2) is 19.7. The van der Waals surface area contributed by atoms with Crippen LogP contribution in [0.15, 0.2) is 131 Å². The van der Waals surface area contributed by atoms with E-state index in [-0.39, 0.29) is 24.2 Å². The molecule has 0 saturated carbocycles. The van der Waals surface area contributed by atoms with E-state index in [1.54, 1.807) is 12.1 Å². The number of benzene rings is 5. The molecule has 0 aliphatic carbocycles. The van der Waals surface area contributed by atoms with Gasteiger partial charge in [0.25, 0.3) is 21.6 Å². The summed E-state index contributed by atoms with van der Waals surface area (Å²) in [6.45, 7) is 2.67. The van der Waals surface area contributed by atoms with Crippen LogP contribution in [0, 0.1) is 10.1 Å². The number of anilines is 2. The van der Waals surface area contributed by atoms with E-state index < -0.39 is 50.2 Å². The van der Waals surface area contributed by atoms with Crippen molar-refractivity contribution in [2.45, 2.75) is 35.0 Å². The van der Waals surface area contributed by atoms with E-state index in [1.807, 2.05) is 71.5 Å². The number of nitrogens with one attached hydrogen (secondary N) is 3. The number of halogens is 4. The molecular formula is C42H42ClF3N6O5S2. The third-order valence-electron chi connectivity index (χ3n) is 9.69. The molecule has 1 atom stereocenters. The van der Waals surface area contributed by atoms with Gasteiger partial charge in [0.2, 0.25) is 0 Å². The van der Waals surface area contributed by atoms with Crippen LogP contribution in [0.25, 0.3) is 11.1 Å². The molecule has 0 unspecified atom stereocenters. The van der Waals surface area contributed by atoms with Crippen LogP contribution in [-0.4, -0.2) is 81.4 Å². The molecule has 1 heterocycles. The van der Waals surface area contributed by atoms with Gasteiger partial charge in [-0.05, 0) is 90.3 Å². The monoisotopic (exact) mass is 866 g/mol. The van der Waals surface area contributed by atoms with Gasteiger partial charge in [-0.2, -0.15) is 13.2 Å². The summed E-state index contributed by atoms with van der Waals surface area (Å²) < 4.78 is 66.8. The Kier molecular flexibility index (Phi) is 14.5. The quantitative estimate of drug-likeness (QED) is 0.0362. The van der Waals surface area contributed by atoms with Gasteiger partial charge in [-0.1, -0.05) is 66.2 Å². The summed E-state index contributed by atoms with van der Waals surface area (Å²) in [6, 6.07) is 34.6. The highest BCUT2D eigenvalue weighted by Gasteiger charge is 2.28. The van der Waals surface area contributed by atoms with Gasteiger partial charge in [-0.15, -0.1) is 11.8 Å². The zero-order chi connectivity index (χ0) is 42.0. The molecule has 1 amide bonds. The number of rotatable bonds is 17. The van der Waals surface area contributed by atoms with Gasteiger partial charge >= 0.3 is 6.18 Å². The van der Waals surface area contributed by atoms with E-state index in [4.69, 9.17) is 11.6 Å². The van der Waals surface area contributed by atoms with Gasteiger partial charge in [-0.25, -0.2) is 13.1 Å². The van der Waals surface area contributed by atoms with Crippen molar-refractivity contribution in [3.05, 3.63) is 148 Å². The van der Waals surface area contributed by atoms with Crippen molar-refractivity contribution in [2.75, 3.05) is 55.2 Å². The van der Waals surface area contributed by atoms with Crippen LogP contribution in [0.2, 0.25) is 5.02 Å². The summed E-state index contributed by atoms with van der Waals surface area (Å²) in [5.41, 5.74) is 3.84. The Morgan fingerprint density at radius 2 is 1.56 bits per heavy atom. The number of nitro benzene ring substituents is 1. The predicted octanol–water partition coefficient (Wildman–Crippen LogP) is 8.47. The van der Waals surface area contributed by atoms with Crippen LogP contribution < -0.4 is 20.3 Å². The lowest BCUT2D eigenvalue weighted by molar-refractivity contribution is -0.384. The summed E-state index contributed by atoms with van der Waals surface area (Å²) in [5, 5.41) is 18.2. The first-order chi connectivity index (χ1) is 28.2. The van der Waals surface area contributed by atoms with E-state index in [9.17, 15) is 36.5 Å². The molecule has 1 aliphatic heterocycles. The Labute approximate surface area is 350 Å². The molecule has 1 fully saturated rings. The molecule has 0 radical (unpaired) electrons. The molecule has 0 spiro atoms. The Bertz CT molecular complexity index is 2310. The summed E-state index contributed by atoms with van der Waals surface area (Å²) in [5.74, 6) is -0.559. The fourth-order valence-corrected chi connectivity index (χ4v) is 8.74. The number of nitro groups is 1. The van der Waals surface area contributed by atoms with Gasteiger partial charge in [0.15, 0.2) is 0 Å². The lowest BCUT2D eigenvalue weighted by atomic mass is 9.99. The number of sulfonamides is 1. The molecule has 1 aliphatic rings. The molecule has 5 aromatic carbocycles. The second-order valence-electron chi connectivity index (χ2n) is 13.9. The molecule has 0 bridgehead atoms. The van der Waals surface area contributed by atoms with E-state index >= 15 is 0 Å². The van der Waals surface area contributed by atoms with E-state index in [0.29, 0.717) is 10.8 Å². The lowest BCUT2D eigenvalue weighted by Crippen LogP contribution is -2.46. The number of nitrogens with zero attached hydrogens (tertiary/aromatic N) is 3. The van der Waals surface area contributed by atoms with E-state index in [2.05, 4.69) is 32.6 Å². The fraction of sp³-hybridized carbons (Fsp3) is 0.262. The van der Waals surface area contributed by atoms with Crippen LogP contribution in [0.3, 0.4) is 0 Å². The smallest absolute Gasteiger partial charge is 0.376 e. The van der Waals surface area contributed by atoms with Crippen LogP contribution in [0.4, 0.5) is 30.2 Å². The van der Waals surface area contributed by atoms with Crippen LogP contribution in [-0.2, 0) is 16.6 Å². The molecule has 17 heteroatoms. The Morgan fingerprint density at radius 3 is 2.24 bits per heavy atom. The maximum atomic E-state index is 13.3. The largest absolute Gasteiger partial charge is 0.401 e. The average Bonchev–Trinajstić information content (AvgIpc) is 3.22. The Hall–Kier alpha value is -5.13. The van der Waals surface area contributed by atoms with Crippen molar-refractivity contribution in [3.8, 4) is 11.1 Å². The van der Waals surface area contributed by atoms with Crippen LogP contribution >= 0.6 is 23.4 Å². The highest BCUT2D eigenvalue weighted by Crippen LogP contribution is 2.31. The third kappa shape index (κ3) is 12.4. The molecule has 59 heavy (non-hydrogen) atoms. The minimum atomic E-state index is -4.55. The molecule has 1 saturated heterocycles. The van der Waals surface area contributed by atoms with Gasteiger partial charge < -0.3 is 15.5 Å². The Morgan fingerprint density at radius 1 is 0.881 bits per heavy atom. The molecule has 6 rings (SSSR count). The molecular weight excluding hydrogens is 825 g/mol. The zero-order valence-corrected chi connectivity index (χ0v) is 34.1. The van der Waals surface area contributed by atoms with E-state index in [0.717, 1.165) is 66.6 Å². The second-order valence-corrected chi connectivity index (χ2v) is 17.1. The normalized spacial score (nSPS) is 14.1. The van der Waals surface area contributed by atoms with Crippen LogP contribution in [0.1, 0.15) is 22.3 Å². The number of piperazine rings is 1. The summed E-state index contributed by atoms with van der Waals surface area (Å²) in [7, 11) is -4.55. The summed E-state index contributed by atoms with van der Waals surface area (Å²) in [4.78, 5) is 29.5. The van der Waals surface area contributed by atoms with E-state index in [1.165, 1.54) is 35.5 Å². The first-order valence-electron chi connectivity index (χ1n) is 18.7. The summed E-state index contributed by atoms with van der Waals surface area (Å²) in [6.07, 6.45) is -4.22. The predicted molar refractivity (Wildman–Crippen MR) is 227 cm³/mol. The van der Waals surface area contributed by atoms with Gasteiger partial charge in [0.05, 0.1) is 16.4 Å². The highest BCUT2D eigenvalue weighted by atomic mass is 35.5. The first kappa shape index (κ1) is 43.4. The van der Waals surface area contributed by atoms with Crippen molar-refractivity contribution in [1.82, 2.24) is 14.9 Å². The number of alkyl halides is 3.